The van der Waals surface area contributed by atoms with Gasteiger partial charge in [0.15, 0.2) is 5.13 Å². The molecule has 0 fully saturated rings. The highest BCUT2D eigenvalue weighted by molar-refractivity contribution is 8.00. The molecule has 11 heteroatoms. The number of ether oxygens (including phenoxy) is 1. The normalized spacial score (nSPS) is 11.7. The summed E-state index contributed by atoms with van der Waals surface area (Å²) in [5.74, 6) is 0.824. The Morgan fingerprint density at radius 1 is 1.11 bits per heavy atom. The van der Waals surface area contributed by atoms with Gasteiger partial charge in [-0.25, -0.2) is 4.98 Å². The molecule has 0 aliphatic rings. The zero-order chi connectivity index (χ0) is 24.8. The van der Waals surface area contributed by atoms with Crippen LogP contribution in [0.5, 0.6) is 11.5 Å². The number of aliphatic hydroxyl groups is 1. The summed E-state index contributed by atoms with van der Waals surface area (Å²) in [4.78, 5) is 22.6. The van der Waals surface area contributed by atoms with Crippen LogP contribution >= 0.6 is 32.5 Å². The fraction of sp³-hybridized carbons (Fsp3) is 0.125. The third kappa shape index (κ3) is 6.36. The molecule has 35 heavy (non-hydrogen) atoms. The van der Waals surface area contributed by atoms with E-state index in [0.29, 0.717) is 33.7 Å². The lowest BCUT2D eigenvalue weighted by molar-refractivity contribution is 0.102. The Kier molecular flexibility index (Phi) is 8.33. The molecule has 0 bridgehead atoms. The van der Waals surface area contributed by atoms with Crippen molar-refractivity contribution in [2.45, 2.75) is 6.23 Å². The van der Waals surface area contributed by atoms with Crippen LogP contribution in [0.15, 0.2) is 66.9 Å². The molecule has 2 heterocycles. The summed E-state index contributed by atoms with van der Waals surface area (Å²) in [6.45, 7) is 0. The molecule has 0 aliphatic heterocycles. The second-order valence-corrected chi connectivity index (χ2v) is 9.59. The molecule has 4 aromatic rings. The molecule has 0 spiro atoms. The van der Waals surface area contributed by atoms with Crippen molar-refractivity contribution in [3.8, 4) is 21.9 Å². The number of amides is 1. The number of benzene rings is 2. The van der Waals surface area contributed by atoms with Crippen molar-refractivity contribution < 1.29 is 14.6 Å². The SMILES string of the molecule is CNC(O)c1cc(Oc2ccc(NC(=O)c3nc(NSC)sc3-c3ccc(P)cc3)cc2)ccn1. The van der Waals surface area contributed by atoms with Crippen molar-refractivity contribution in [1.82, 2.24) is 15.3 Å². The van der Waals surface area contributed by atoms with Crippen molar-refractivity contribution in [3.05, 3.63) is 78.2 Å². The van der Waals surface area contributed by atoms with Gasteiger partial charge >= 0.3 is 0 Å². The van der Waals surface area contributed by atoms with Crippen LogP contribution in [0, 0.1) is 0 Å². The van der Waals surface area contributed by atoms with Gasteiger partial charge in [0.2, 0.25) is 0 Å². The van der Waals surface area contributed by atoms with Crippen molar-refractivity contribution in [2.75, 3.05) is 23.3 Å². The van der Waals surface area contributed by atoms with E-state index in [1.807, 2.05) is 30.5 Å². The first kappa shape index (κ1) is 25.1. The Morgan fingerprint density at radius 3 is 2.54 bits per heavy atom. The van der Waals surface area contributed by atoms with Crippen LogP contribution in [0.1, 0.15) is 22.4 Å². The summed E-state index contributed by atoms with van der Waals surface area (Å²) in [6, 6.07) is 18.3. The van der Waals surface area contributed by atoms with E-state index in [2.05, 4.69) is 34.6 Å². The Labute approximate surface area is 213 Å². The standard InChI is InChI=1S/C24H24N5O3PS2/c1-25-22(30)19-13-17(11-12-26-19)32-16-7-5-15(6-8-16)27-23(31)20-21(35-24(28-20)29-34-2)14-3-9-18(33)10-4-14/h3-13,22,25,30H,33H2,1-2H3,(H,27,31)(H,28,29). The maximum Gasteiger partial charge on any atom is 0.275 e. The van der Waals surface area contributed by atoms with Crippen LogP contribution in [0.2, 0.25) is 0 Å². The zero-order valence-electron chi connectivity index (χ0n) is 19.0. The van der Waals surface area contributed by atoms with Gasteiger partial charge in [0, 0.05) is 24.2 Å². The summed E-state index contributed by atoms with van der Waals surface area (Å²) >= 11 is 2.86. The van der Waals surface area contributed by atoms with Crippen LogP contribution in [-0.4, -0.2) is 34.3 Å². The molecule has 4 rings (SSSR count). The Morgan fingerprint density at radius 2 is 1.86 bits per heavy atom. The molecule has 2 aromatic heterocycles. The summed E-state index contributed by atoms with van der Waals surface area (Å²) in [5, 5.41) is 17.3. The van der Waals surface area contributed by atoms with Crippen molar-refractivity contribution in [2.24, 2.45) is 0 Å². The average molecular weight is 526 g/mol. The third-order valence-corrected chi connectivity index (χ3v) is 6.79. The number of nitrogens with zero attached hydrogens (tertiary/aromatic N) is 2. The predicted molar refractivity (Wildman–Crippen MR) is 147 cm³/mol. The molecule has 2 atom stereocenters. The first-order valence-corrected chi connectivity index (χ1v) is 13.1. The number of rotatable bonds is 9. The molecule has 4 N–H and O–H groups in total. The molecule has 1 amide bonds. The zero-order valence-corrected chi connectivity index (χ0v) is 21.8. The van der Waals surface area contributed by atoms with E-state index in [4.69, 9.17) is 4.74 Å². The highest BCUT2D eigenvalue weighted by atomic mass is 32.2. The topological polar surface area (TPSA) is 108 Å². The van der Waals surface area contributed by atoms with Gasteiger partial charge in [-0.2, -0.15) is 0 Å². The summed E-state index contributed by atoms with van der Waals surface area (Å²) in [7, 11) is 4.30. The number of anilines is 2. The van der Waals surface area contributed by atoms with Gasteiger partial charge < -0.3 is 19.9 Å². The highest BCUT2D eigenvalue weighted by Gasteiger charge is 2.20. The molecular weight excluding hydrogens is 501 g/mol. The summed E-state index contributed by atoms with van der Waals surface area (Å²) in [5.41, 5.74) is 2.35. The molecule has 8 nitrogen and oxygen atoms in total. The fourth-order valence-corrected chi connectivity index (χ4v) is 4.81. The number of pyridine rings is 1. The number of aromatic nitrogens is 2. The van der Waals surface area contributed by atoms with E-state index >= 15 is 0 Å². The van der Waals surface area contributed by atoms with E-state index in [-0.39, 0.29) is 5.91 Å². The Balaban J connectivity index is 1.49. The number of nitrogens with one attached hydrogen (secondary N) is 3. The van der Waals surface area contributed by atoms with Crippen LogP contribution in [0.25, 0.3) is 10.4 Å². The van der Waals surface area contributed by atoms with Gasteiger partial charge in [0.05, 0.1) is 10.6 Å². The second-order valence-electron chi connectivity index (χ2n) is 7.31. The lowest BCUT2D eigenvalue weighted by atomic mass is 10.1. The smallest absolute Gasteiger partial charge is 0.275 e. The predicted octanol–water partition coefficient (Wildman–Crippen LogP) is 4.65. The van der Waals surface area contributed by atoms with E-state index in [1.54, 1.807) is 49.6 Å². The lowest BCUT2D eigenvalue weighted by Crippen LogP contribution is -2.16. The number of thiazole rings is 1. The van der Waals surface area contributed by atoms with Gasteiger partial charge in [-0.15, -0.1) is 9.24 Å². The van der Waals surface area contributed by atoms with E-state index in [1.165, 1.54) is 23.3 Å². The van der Waals surface area contributed by atoms with Gasteiger partial charge in [-0.05, 0) is 48.2 Å². The quantitative estimate of drug-likeness (QED) is 0.142. The molecule has 0 radical (unpaired) electrons. The van der Waals surface area contributed by atoms with Crippen LogP contribution in [-0.2, 0) is 0 Å². The minimum Gasteiger partial charge on any atom is -0.457 e. The monoisotopic (exact) mass is 525 g/mol. The van der Waals surface area contributed by atoms with Crippen molar-refractivity contribution in [3.63, 3.8) is 0 Å². The minimum absolute atomic E-state index is 0.297. The molecule has 2 unspecified atom stereocenters. The van der Waals surface area contributed by atoms with E-state index in [0.717, 1.165) is 15.7 Å². The maximum absolute atomic E-state index is 13.1. The van der Waals surface area contributed by atoms with Crippen LogP contribution < -0.4 is 25.4 Å². The minimum atomic E-state index is -0.878. The van der Waals surface area contributed by atoms with E-state index in [9.17, 15) is 9.90 Å². The van der Waals surface area contributed by atoms with Gasteiger partial charge in [0.25, 0.3) is 5.91 Å². The number of hydrogen-bond acceptors (Lipinski definition) is 9. The summed E-state index contributed by atoms with van der Waals surface area (Å²) < 4.78 is 8.97. The van der Waals surface area contributed by atoms with Gasteiger partial charge in [-0.3, -0.25) is 15.1 Å². The molecule has 0 saturated carbocycles. The molecular formula is C24H24N5O3PS2. The number of hydrogen-bond donors (Lipinski definition) is 4. The third-order valence-electron chi connectivity index (χ3n) is 4.86. The number of carbonyl (C=O) groups is 1. The van der Waals surface area contributed by atoms with Gasteiger partial charge in [-0.1, -0.05) is 47.6 Å². The van der Waals surface area contributed by atoms with Crippen LogP contribution in [0.4, 0.5) is 10.8 Å². The lowest BCUT2D eigenvalue weighted by Gasteiger charge is -2.11. The number of carbonyl (C=O) groups excluding carboxylic acids is 1. The fourth-order valence-electron chi connectivity index (χ4n) is 3.16. The van der Waals surface area contributed by atoms with Crippen molar-refractivity contribution in [1.29, 1.82) is 0 Å². The average Bonchev–Trinajstić information content (AvgIpc) is 3.29. The molecule has 180 valence electrons. The maximum atomic E-state index is 13.1. The Bertz CT molecular complexity index is 1300. The molecule has 2 aromatic carbocycles. The molecule has 0 aliphatic carbocycles. The highest BCUT2D eigenvalue weighted by Crippen LogP contribution is 2.34. The van der Waals surface area contributed by atoms with E-state index < -0.39 is 6.23 Å². The van der Waals surface area contributed by atoms with Crippen LogP contribution in [0.3, 0.4) is 0 Å². The van der Waals surface area contributed by atoms with Gasteiger partial charge in [0.1, 0.15) is 23.4 Å². The van der Waals surface area contributed by atoms with Crippen molar-refractivity contribution >= 4 is 54.6 Å². The number of aliphatic hydroxyl groups excluding tert-OH is 1. The Hall–Kier alpha value is -3.01. The first-order valence-electron chi connectivity index (χ1n) is 10.5. The second kappa shape index (κ2) is 11.6. The first-order chi connectivity index (χ1) is 17.0. The molecule has 0 saturated heterocycles. The summed E-state index contributed by atoms with van der Waals surface area (Å²) in [6.07, 6.45) is 2.60. The largest absolute Gasteiger partial charge is 0.457 e.